The van der Waals surface area contributed by atoms with Gasteiger partial charge in [-0.15, -0.1) is 0 Å². The van der Waals surface area contributed by atoms with Crippen LogP contribution in [-0.2, 0) is 0 Å². The molecular formula is C15H22N2O2. The van der Waals surface area contributed by atoms with Crippen LogP contribution < -0.4 is 20.1 Å². The Hall–Kier alpha value is -1.26. The second-order valence-electron chi connectivity index (χ2n) is 5.68. The number of hydrogen-bond donors (Lipinski definition) is 2. The van der Waals surface area contributed by atoms with Gasteiger partial charge in [-0.2, -0.15) is 0 Å². The zero-order chi connectivity index (χ0) is 13.5. The number of benzene rings is 1. The third-order valence-corrected chi connectivity index (χ3v) is 4.39. The van der Waals surface area contributed by atoms with Crippen molar-refractivity contribution in [2.75, 3.05) is 27.4 Å². The Morgan fingerprint density at radius 1 is 1.21 bits per heavy atom. The summed E-state index contributed by atoms with van der Waals surface area (Å²) < 4.78 is 11.0. The van der Waals surface area contributed by atoms with Crippen LogP contribution in [0.4, 0.5) is 0 Å². The molecule has 1 aliphatic carbocycles. The standard InChI is InChI=1S/C15H22N2O2/c1-10-6-12-13(19-9-18-12)7-11(10)14(17-3)15(4-5-15)8-16-2/h6-7,14,16-17H,4-5,8-9H2,1-3H3. The second kappa shape index (κ2) is 4.69. The minimum absolute atomic E-state index is 0.337. The van der Waals surface area contributed by atoms with E-state index < -0.39 is 0 Å². The van der Waals surface area contributed by atoms with Crippen LogP contribution in [0.3, 0.4) is 0 Å². The molecule has 0 saturated heterocycles. The Balaban J connectivity index is 1.96. The Labute approximate surface area is 114 Å². The summed E-state index contributed by atoms with van der Waals surface area (Å²) in [5, 5.41) is 6.83. The van der Waals surface area contributed by atoms with Gasteiger partial charge in [-0.25, -0.2) is 0 Å². The molecule has 4 nitrogen and oxygen atoms in total. The number of aryl methyl sites for hydroxylation is 1. The van der Waals surface area contributed by atoms with Crippen molar-refractivity contribution in [1.29, 1.82) is 0 Å². The first-order valence-corrected chi connectivity index (χ1v) is 6.92. The van der Waals surface area contributed by atoms with Crippen LogP contribution in [0.2, 0.25) is 0 Å². The molecule has 1 aliphatic heterocycles. The van der Waals surface area contributed by atoms with Gasteiger partial charge in [0.1, 0.15) is 0 Å². The van der Waals surface area contributed by atoms with E-state index >= 15 is 0 Å². The van der Waals surface area contributed by atoms with E-state index in [1.165, 1.54) is 24.0 Å². The molecule has 0 amide bonds. The maximum Gasteiger partial charge on any atom is 0.231 e. The van der Waals surface area contributed by atoms with Gasteiger partial charge in [-0.05, 0) is 57.1 Å². The van der Waals surface area contributed by atoms with Crippen LogP contribution in [-0.4, -0.2) is 27.4 Å². The Morgan fingerprint density at radius 2 is 1.89 bits per heavy atom. The Morgan fingerprint density at radius 3 is 2.47 bits per heavy atom. The van der Waals surface area contributed by atoms with Crippen molar-refractivity contribution in [3.63, 3.8) is 0 Å². The number of nitrogens with one attached hydrogen (secondary N) is 2. The van der Waals surface area contributed by atoms with Crippen molar-refractivity contribution in [2.24, 2.45) is 5.41 Å². The smallest absolute Gasteiger partial charge is 0.231 e. The first-order valence-electron chi connectivity index (χ1n) is 6.92. The van der Waals surface area contributed by atoms with Gasteiger partial charge < -0.3 is 20.1 Å². The largest absolute Gasteiger partial charge is 0.454 e. The summed E-state index contributed by atoms with van der Waals surface area (Å²) in [4.78, 5) is 0. The molecule has 3 rings (SSSR count). The highest BCUT2D eigenvalue weighted by Crippen LogP contribution is 2.55. The zero-order valence-corrected chi connectivity index (χ0v) is 11.9. The van der Waals surface area contributed by atoms with E-state index in [9.17, 15) is 0 Å². The lowest BCUT2D eigenvalue weighted by Crippen LogP contribution is -2.34. The topological polar surface area (TPSA) is 42.5 Å². The zero-order valence-electron chi connectivity index (χ0n) is 11.9. The van der Waals surface area contributed by atoms with Gasteiger partial charge >= 0.3 is 0 Å². The fourth-order valence-electron chi connectivity index (χ4n) is 3.24. The molecule has 1 aromatic carbocycles. The van der Waals surface area contributed by atoms with Gasteiger partial charge in [0.25, 0.3) is 0 Å². The third-order valence-electron chi connectivity index (χ3n) is 4.39. The van der Waals surface area contributed by atoms with Gasteiger partial charge in [0.2, 0.25) is 6.79 Å². The van der Waals surface area contributed by atoms with Crippen LogP contribution in [0.25, 0.3) is 0 Å². The monoisotopic (exact) mass is 262 g/mol. The quantitative estimate of drug-likeness (QED) is 0.851. The van der Waals surface area contributed by atoms with Gasteiger partial charge in [0.15, 0.2) is 11.5 Å². The number of fused-ring (bicyclic) bond motifs is 1. The number of rotatable bonds is 5. The average Bonchev–Trinajstić information content (AvgIpc) is 3.01. The molecule has 104 valence electrons. The van der Waals surface area contributed by atoms with Crippen LogP contribution in [0.1, 0.15) is 30.0 Å². The molecular weight excluding hydrogens is 240 g/mol. The minimum atomic E-state index is 0.337. The van der Waals surface area contributed by atoms with Crippen LogP contribution in [0.15, 0.2) is 12.1 Å². The Kier molecular flexibility index (Phi) is 3.15. The fraction of sp³-hybridized carbons (Fsp3) is 0.600. The maximum atomic E-state index is 5.52. The molecule has 1 unspecified atom stereocenters. The van der Waals surface area contributed by atoms with E-state index in [0.29, 0.717) is 18.2 Å². The first kappa shape index (κ1) is 12.8. The first-order chi connectivity index (χ1) is 9.20. The number of hydrogen-bond acceptors (Lipinski definition) is 4. The van der Waals surface area contributed by atoms with Gasteiger partial charge in [-0.3, -0.25) is 0 Å². The highest BCUT2D eigenvalue weighted by molar-refractivity contribution is 5.50. The lowest BCUT2D eigenvalue weighted by Gasteiger charge is -2.28. The molecule has 2 N–H and O–H groups in total. The highest BCUT2D eigenvalue weighted by Gasteiger charge is 2.49. The van der Waals surface area contributed by atoms with E-state index in [0.717, 1.165) is 18.0 Å². The van der Waals surface area contributed by atoms with E-state index in [1.807, 2.05) is 14.1 Å². The molecule has 1 atom stereocenters. The molecule has 19 heavy (non-hydrogen) atoms. The summed E-state index contributed by atoms with van der Waals surface area (Å²) >= 11 is 0. The Bertz CT molecular complexity index is 483. The molecule has 1 saturated carbocycles. The normalized spacial score (nSPS) is 20.4. The van der Waals surface area contributed by atoms with Crippen molar-refractivity contribution >= 4 is 0 Å². The van der Waals surface area contributed by atoms with Crippen molar-refractivity contribution in [3.05, 3.63) is 23.3 Å². The van der Waals surface area contributed by atoms with E-state index in [2.05, 4.69) is 29.7 Å². The highest BCUT2D eigenvalue weighted by atomic mass is 16.7. The summed E-state index contributed by atoms with van der Waals surface area (Å²) in [5.74, 6) is 1.75. The molecule has 4 heteroatoms. The predicted octanol–water partition coefficient (Wildman–Crippen LogP) is 1.98. The molecule has 1 aromatic rings. The predicted molar refractivity (Wildman–Crippen MR) is 74.7 cm³/mol. The van der Waals surface area contributed by atoms with Crippen molar-refractivity contribution < 1.29 is 9.47 Å². The van der Waals surface area contributed by atoms with E-state index in [4.69, 9.17) is 9.47 Å². The van der Waals surface area contributed by atoms with Gasteiger partial charge in [0, 0.05) is 18.0 Å². The summed E-state index contributed by atoms with van der Waals surface area (Å²) in [7, 11) is 4.07. The van der Waals surface area contributed by atoms with E-state index in [-0.39, 0.29) is 0 Å². The minimum Gasteiger partial charge on any atom is -0.454 e. The average molecular weight is 262 g/mol. The fourth-order valence-corrected chi connectivity index (χ4v) is 3.24. The maximum absolute atomic E-state index is 5.52. The molecule has 0 radical (unpaired) electrons. The molecule has 2 aliphatic rings. The van der Waals surface area contributed by atoms with Crippen LogP contribution in [0, 0.1) is 12.3 Å². The van der Waals surface area contributed by atoms with Crippen molar-refractivity contribution in [3.8, 4) is 11.5 Å². The van der Waals surface area contributed by atoms with Gasteiger partial charge in [0.05, 0.1) is 0 Å². The molecule has 0 bridgehead atoms. The summed E-state index contributed by atoms with van der Waals surface area (Å²) in [6.45, 7) is 3.54. The number of ether oxygens (including phenoxy) is 2. The van der Waals surface area contributed by atoms with Crippen molar-refractivity contribution in [1.82, 2.24) is 10.6 Å². The lowest BCUT2D eigenvalue weighted by molar-refractivity contribution is 0.174. The van der Waals surface area contributed by atoms with Crippen LogP contribution >= 0.6 is 0 Å². The molecule has 0 spiro atoms. The molecule has 1 fully saturated rings. The molecule has 1 heterocycles. The van der Waals surface area contributed by atoms with E-state index in [1.54, 1.807) is 0 Å². The lowest BCUT2D eigenvalue weighted by atomic mass is 9.87. The summed E-state index contributed by atoms with van der Waals surface area (Å²) in [6, 6.07) is 4.61. The van der Waals surface area contributed by atoms with Gasteiger partial charge in [-0.1, -0.05) is 0 Å². The summed E-state index contributed by atoms with van der Waals surface area (Å²) in [5.41, 5.74) is 2.95. The molecule has 0 aromatic heterocycles. The SMILES string of the molecule is CNCC1(C(NC)c2cc3c(cc2C)OCO3)CC1. The second-order valence-corrected chi connectivity index (χ2v) is 5.68. The van der Waals surface area contributed by atoms with Crippen molar-refractivity contribution in [2.45, 2.75) is 25.8 Å². The van der Waals surface area contributed by atoms with Crippen LogP contribution in [0.5, 0.6) is 11.5 Å². The summed E-state index contributed by atoms with van der Waals surface area (Å²) in [6.07, 6.45) is 2.54. The third kappa shape index (κ3) is 2.09.